The van der Waals surface area contributed by atoms with Crippen LogP contribution in [-0.2, 0) is 0 Å². The van der Waals surface area contributed by atoms with Crippen LogP contribution in [0.25, 0.3) is 0 Å². The third-order valence-electron chi connectivity index (χ3n) is 3.79. The van der Waals surface area contributed by atoms with Crippen molar-refractivity contribution < 1.29 is 0 Å². The van der Waals surface area contributed by atoms with Gasteiger partial charge in [0.25, 0.3) is 0 Å². The Morgan fingerprint density at radius 3 is 2.15 bits per heavy atom. The molecule has 2 heteroatoms. The van der Waals surface area contributed by atoms with Crippen LogP contribution in [-0.4, -0.2) is 24.6 Å². The molecule has 0 aromatic carbocycles. The first kappa shape index (κ1) is 12.2. The van der Waals surface area contributed by atoms with Gasteiger partial charge in [-0.3, -0.25) is 0 Å². The SMILES string of the molecule is CCCCP1(I)(CC)CCCCC1. The van der Waals surface area contributed by atoms with E-state index >= 15 is 0 Å². The van der Waals surface area contributed by atoms with Crippen molar-refractivity contribution in [1.29, 1.82) is 0 Å². The summed E-state index contributed by atoms with van der Waals surface area (Å²) in [5, 5.41) is 0. The summed E-state index contributed by atoms with van der Waals surface area (Å²) in [5.41, 5.74) is 0. The fraction of sp³-hybridized carbons (Fsp3) is 1.00. The minimum atomic E-state index is -1.18. The van der Waals surface area contributed by atoms with Gasteiger partial charge in [-0.2, -0.15) is 0 Å². The molecule has 0 aromatic heterocycles. The Labute approximate surface area is 96.7 Å². The molecule has 1 fully saturated rings. The molecular formula is C11H24IP. The van der Waals surface area contributed by atoms with Gasteiger partial charge in [0.15, 0.2) is 0 Å². The summed E-state index contributed by atoms with van der Waals surface area (Å²) >= 11 is 2.94. The fourth-order valence-corrected chi connectivity index (χ4v) is 10.4. The summed E-state index contributed by atoms with van der Waals surface area (Å²) in [5.74, 6) is 0. The van der Waals surface area contributed by atoms with Crippen molar-refractivity contribution in [2.75, 3.05) is 24.6 Å². The van der Waals surface area contributed by atoms with E-state index in [0.29, 0.717) is 0 Å². The van der Waals surface area contributed by atoms with Crippen LogP contribution in [0.2, 0.25) is 0 Å². The normalized spacial score (nSPS) is 29.0. The summed E-state index contributed by atoms with van der Waals surface area (Å²) in [6.45, 7) is 4.78. The summed E-state index contributed by atoms with van der Waals surface area (Å²) in [6, 6.07) is 0. The maximum atomic E-state index is 2.94. The molecule has 0 radical (unpaired) electrons. The summed E-state index contributed by atoms with van der Waals surface area (Å²) in [4.78, 5) is 0. The van der Waals surface area contributed by atoms with E-state index in [1.807, 2.05) is 0 Å². The van der Waals surface area contributed by atoms with E-state index in [1.54, 1.807) is 18.5 Å². The Hall–Kier alpha value is 1.16. The van der Waals surface area contributed by atoms with Crippen molar-refractivity contribution in [2.24, 2.45) is 0 Å². The standard InChI is InChI=1S/C11H24IP/c1-3-5-9-13(12,4-2)10-7-6-8-11-13/h3-11H2,1-2H3. The van der Waals surface area contributed by atoms with E-state index < -0.39 is 4.25 Å². The summed E-state index contributed by atoms with van der Waals surface area (Å²) in [6.07, 6.45) is 13.7. The van der Waals surface area contributed by atoms with Gasteiger partial charge in [0, 0.05) is 0 Å². The van der Waals surface area contributed by atoms with Crippen LogP contribution >= 0.6 is 26.3 Å². The summed E-state index contributed by atoms with van der Waals surface area (Å²) < 4.78 is -1.18. The second kappa shape index (κ2) is 4.79. The van der Waals surface area contributed by atoms with Gasteiger partial charge in [0.05, 0.1) is 0 Å². The molecule has 13 heavy (non-hydrogen) atoms. The summed E-state index contributed by atoms with van der Waals surface area (Å²) in [7, 11) is 0. The first-order valence-corrected chi connectivity index (χ1v) is 11.6. The molecule has 0 bridgehead atoms. The fourth-order valence-electron chi connectivity index (χ4n) is 2.55. The van der Waals surface area contributed by atoms with E-state index in [4.69, 9.17) is 0 Å². The molecule has 0 aliphatic carbocycles. The molecule has 1 heterocycles. The molecule has 0 unspecified atom stereocenters. The molecule has 0 nitrogen and oxygen atoms in total. The van der Waals surface area contributed by atoms with Crippen molar-refractivity contribution >= 4 is 26.3 Å². The van der Waals surface area contributed by atoms with E-state index in [0.717, 1.165) is 0 Å². The Kier molecular flexibility index (Phi) is 4.50. The Morgan fingerprint density at radius 1 is 1.08 bits per heavy atom. The monoisotopic (exact) mass is 314 g/mol. The Balaban J connectivity index is 2.62. The van der Waals surface area contributed by atoms with Gasteiger partial charge in [0.1, 0.15) is 0 Å². The molecule has 1 rings (SSSR count). The van der Waals surface area contributed by atoms with Gasteiger partial charge < -0.3 is 0 Å². The Bertz CT molecular complexity index is 161. The average Bonchev–Trinajstić information content (AvgIpc) is 2.17. The van der Waals surface area contributed by atoms with Gasteiger partial charge in [-0.15, -0.1) is 0 Å². The molecule has 0 spiro atoms. The van der Waals surface area contributed by atoms with Crippen LogP contribution in [0.1, 0.15) is 46.0 Å². The third-order valence-corrected chi connectivity index (χ3v) is 16.1. The van der Waals surface area contributed by atoms with E-state index in [2.05, 4.69) is 35.9 Å². The second-order valence-electron chi connectivity index (χ2n) is 4.72. The molecule has 0 saturated carbocycles. The Morgan fingerprint density at radius 2 is 1.69 bits per heavy atom. The van der Waals surface area contributed by atoms with Crippen molar-refractivity contribution in [3.63, 3.8) is 0 Å². The number of halogens is 1. The quantitative estimate of drug-likeness (QED) is 0.512. The van der Waals surface area contributed by atoms with Crippen LogP contribution in [0.4, 0.5) is 0 Å². The molecule has 1 aliphatic rings. The molecule has 1 saturated heterocycles. The van der Waals surface area contributed by atoms with Gasteiger partial charge in [-0.05, 0) is 0 Å². The van der Waals surface area contributed by atoms with Crippen LogP contribution in [0.15, 0.2) is 0 Å². The molecule has 80 valence electrons. The van der Waals surface area contributed by atoms with Crippen molar-refractivity contribution in [3.05, 3.63) is 0 Å². The van der Waals surface area contributed by atoms with Crippen molar-refractivity contribution in [3.8, 4) is 0 Å². The van der Waals surface area contributed by atoms with Gasteiger partial charge in [-0.25, -0.2) is 0 Å². The number of hydrogen-bond acceptors (Lipinski definition) is 0. The van der Waals surface area contributed by atoms with Crippen LogP contribution in [0.5, 0.6) is 0 Å². The molecule has 0 atom stereocenters. The van der Waals surface area contributed by atoms with E-state index in [-0.39, 0.29) is 0 Å². The molecule has 0 aromatic rings. The van der Waals surface area contributed by atoms with Gasteiger partial charge in [0.2, 0.25) is 0 Å². The molecule has 0 amide bonds. The topological polar surface area (TPSA) is 0 Å². The zero-order chi connectivity index (χ0) is 9.81. The predicted molar refractivity (Wildman–Crippen MR) is 74.8 cm³/mol. The first-order valence-electron chi connectivity index (χ1n) is 5.85. The van der Waals surface area contributed by atoms with Crippen molar-refractivity contribution in [2.45, 2.75) is 46.0 Å². The molecule has 0 N–H and O–H groups in total. The number of hydrogen-bond donors (Lipinski definition) is 0. The zero-order valence-corrected chi connectivity index (χ0v) is 12.2. The number of rotatable bonds is 4. The number of unbranched alkanes of at least 4 members (excludes halogenated alkanes) is 1. The predicted octanol–water partition coefficient (Wildman–Crippen LogP) is 4.89. The third kappa shape index (κ3) is 3.06. The first-order chi connectivity index (χ1) is 6.13. The average molecular weight is 314 g/mol. The second-order valence-corrected chi connectivity index (χ2v) is 18.5. The van der Waals surface area contributed by atoms with Gasteiger partial charge in [-0.1, -0.05) is 0 Å². The minimum absolute atomic E-state index is 1.18. The molecule has 1 aliphatic heterocycles. The van der Waals surface area contributed by atoms with Crippen LogP contribution < -0.4 is 0 Å². The zero-order valence-electron chi connectivity index (χ0n) is 9.19. The van der Waals surface area contributed by atoms with E-state index in [1.165, 1.54) is 38.3 Å². The van der Waals surface area contributed by atoms with E-state index in [9.17, 15) is 0 Å². The maximum absolute atomic E-state index is 2.94. The molecular weight excluding hydrogens is 290 g/mol. The van der Waals surface area contributed by atoms with Crippen molar-refractivity contribution in [1.82, 2.24) is 0 Å². The van der Waals surface area contributed by atoms with Crippen LogP contribution in [0, 0.1) is 0 Å². The van der Waals surface area contributed by atoms with Gasteiger partial charge >= 0.3 is 96.9 Å². The van der Waals surface area contributed by atoms with Crippen LogP contribution in [0.3, 0.4) is 0 Å².